The zero-order valence-corrected chi connectivity index (χ0v) is 13.2. The normalized spacial score (nSPS) is 25.4. The first-order valence-corrected chi connectivity index (χ1v) is 7.82. The van der Waals surface area contributed by atoms with E-state index in [1.807, 2.05) is 30.3 Å². The van der Waals surface area contributed by atoms with Crippen LogP contribution < -0.4 is 5.32 Å². The van der Waals surface area contributed by atoms with Crippen LogP contribution >= 0.6 is 0 Å². The van der Waals surface area contributed by atoms with E-state index >= 15 is 0 Å². The van der Waals surface area contributed by atoms with Crippen molar-refractivity contribution in [2.75, 3.05) is 0 Å². The van der Waals surface area contributed by atoms with E-state index in [1.165, 1.54) is 0 Å². The Morgan fingerprint density at radius 3 is 2.65 bits per heavy atom. The van der Waals surface area contributed by atoms with Gasteiger partial charge >= 0.3 is 12.1 Å². The third-order valence-electron chi connectivity index (χ3n) is 4.40. The van der Waals surface area contributed by atoms with Gasteiger partial charge in [-0.2, -0.15) is 0 Å². The minimum atomic E-state index is -1.16. The van der Waals surface area contributed by atoms with Gasteiger partial charge in [0.25, 0.3) is 0 Å². The largest absolute Gasteiger partial charge is 0.480 e. The fraction of sp³-hybridized carbons (Fsp3) is 0.529. The SMILES string of the molecule is C[C@@]1(O)CCCC[C@H]1C(NC(=O)OCc1ccccc1)C(=O)O. The van der Waals surface area contributed by atoms with Crippen molar-refractivity contribution >= 4 is 12.1 Å². The Labute approximate surface area is 135 Å². The lowest BCUT2D eigenvalue weighted by atomic mass is 9.73. The molecule has 3 atom stereocenters. The number of carboxylic acid groups (broad SMARTS) is 1. The van der Waals surface area contributed by atoms with E-state index in [0.717, 1.165) is 18.4 Å². The van der Waals surface area contributed by atoms with Crippen molar-refractivity contribution < 1.29 is 24.5 Å². The first-order valence-electron chi connectivity index (χ1n) is 7.82. The van der Waals surface area contributed by atoms with Crippen LogP contribution in [0.2, 0.25) is 0 Å². The quantitative estimate of drug-likeness (QED) is 0.773. The number of amides is 1. The molecule has 0 bridgehead atoms. The topological polar surface area (TPSA) is 95.9 Å². The Bertz CT molecular complexity index is 543. The fourth-order valence-electron chi connectivity index (χ4n) is 3.10. The minimum absolute atomic E-state index is 0.0695. The fourth-order valence-corrected chi connectivity index (χ4v) is 3.10. The predicted octanol–water partition coefficient (Wildman–Crippen LogP) is 2.31. The van der Waals surface area contributed by atoms with Gasteiger partial charge in [0.1, 0.15) is 12.6 Å². The molecule has 23 heavy (non-hydrogen) atoms. The summed E-state index contributed by atoms with van der Waals surface area (Å²) in [7, 11) is 0. The Balaban J connectivity index is 1.96. The number of hydrogen-bond donors (Lipinski definition) is 3. The highest BCUT2D eigenvalue weighted by atomic mass is 16.5. The number of benzene rings is 1. The van der Waals surface area contributed by atoms with Crippen LogP contribution in [-0.4, -0.2) is 33.9 Å². The molecule has 1 aromatic rings. The van der Waals surface area contributed by atoms with E-state index < -0.39 is 29.6 Å². The molecule has 1 aromatic carbocycles. The molecule has 1 fully saturated rings. The monoisotopic (exact) mass is 321 g/mol. The van der Waals surface area contributed by atoms with Gasteiger partial charge in [-0.05, 0) is 25.3 Å². The summed E-state index contributed by atoms with van der Waals surface area (Å²) in [4.78, 5) is 23.4. The molecular weight excluding hydrogens is 298 g/mol. The summed E-state index contributed by atoms with van der Waals surface area (Å²) in [5.74, 6) is -1.69. The lowest BCUT2D eigenvalue weighted by molar-refractivity contribution is -0.146. The summed E-state index contributed by atoms with van der Waals surface area (Å²) >= 11 is 0. The van der Waals surface area contributed by atoms with Crippen LogP contribution in [0, 0.1) is 5.92 Å². The number of aliphatic carboxylic acids is 1. The smallest absolute Gasteiger partial charge is 0.408 e. The highest BCUT2D eigenvalue weighted by Gasteiger charge is 2.43. The van der Waals surface area contributed by atoms with E-state index in [4.69, 9.17) is 4.74 Å². The summed E-state index contributed by atoms with van der Waals surface area (Å²) in [6, 6.07) is 7.98. The summed E-state index contributed by atoms with van der Waals surface area (Å²) < 4.78 is 5.07. The number of hydrogen-bond acceptors (Lipinski definition) is 4. The summed E-state index contributed by atoms with van der Waals surface area (Å²) in [6.07, 6.45) is 1.99. The van der Waals surface area contributed by atoms with E-state index in [9.17, 15) is 19.8 Å². The van der Waals surface area contributed by atoms with E-state index in [2.05, 4.69) is 5.32 Å². The van der Waals surface area contributed by atoms with Crippen LogP contribution in [0.5, 0.6) is 0 Å². The Morgan fingerprint density at radius 1 is 1.35 bits per heavy atom. The number of carbonyl (C=O) groups excluding carboxylic acids is 1. The van der Waals surface area contributed by atoms with Gasteiger partial charge in [-0.3, -0.25) is 0 Å². The molecule has 1 aliphatic rings. The van der Waals surface area contributed by atoms with Gasteiger partial charge in [0, 0.05) is 5.92 Å². The third-order valence-corrected chi connectivity index (χ3v) is 4.40. The Morgan fingerprint density at radius 2 is 2.04 bits per heavy atom. The van der Waals surface area contributed by atoms with Crippen molar-refractivity contribution in [2.45, 2.75) is 50.9 Å². The standard InChI is InChI=1S/C17H23NO5/c1-17(22)10-6-5-9-13(17)14(15(19)20)18-16(21)23-11-12-7-3-2-4-8-12/h2-4,7-8,13-14,22H,5-6,9-11H2,1H3,(H,18,21)(H,19,20)/t13-,14?,17+/m0/s1. The van der Waals surface area contributed by atoms with Gasteiger partial charge in [0.05, 0.1) is 5.60 Å². The number of alkyl carbamates (subject to hydrolysis) is 1. The van der Waals surface area contributed by atoms with E-state index in [0.29, 0.717) is 12.8 Å². The van der Waals surface area contributed by atoms with Gasteiger partial charge in [0.2, 0.25) is 0 Å². The second-order valence-electron chi connectivity index (χ2n) is 6.23. The van der Waals surface area contributed by atoms with Crippen molar-refractivity contribution in [3.05, 3.63) is 35.9 Å². The maximum Gasteiger partial charge on any atom is 0.408 e. The van der Waals surface area contributed by atoms with Crippen LogP contribution in [0.1, 0.15) is 38.2 Å². The molecule has 0 aromatic heterocycles. The van der Waals surface area contributed by atoms with Crippen LogP contribution in [0.25, 0.3) is 0 Å². The third kappa shape index (κ3) is 4.69. The second kappa shape index (κ2) is 7.46. The average Bonchev–Trinajstić information content (AvgIpc) is 2.51. The molecule has 0 radical (unpaired) electrons. The number of nitrogens with one attached hydrogen (secondary N) is 1. The van der Waals surface area contributed by atoms with Crippen LogP contribution in [0.15, 0.2) is 30.3 Å². The average molecular weight is 321 g/mol. The molecule has 2 rings (SSSR count). The van der Waals surface area contributed by atoms with Gasteiger partial charge in [-0.1, -0.05) is 43.2 Å². The lowest BCUT2D eigenvalue weighted by Crippen LogP contribution is -2.54. The first kappa shape index (κ1) is 17.3. The van der Waals surface area contributed by atoms with Gasteiger partial charge in [-0.25, -0.2) is 9.59 Å². The first-order chi connectivity index (χ1) is 10.9. The summed E-state index contributed by atoms with van der Waals surface area (Å²) in [6.45, 7) is 1.70. The molecule has 1 aliphatic carbocycles. The molecule has 0 heterocycles. The molecular formula is C17H23NO5. The van der Waals surface area contributed by atoms with Crippen molar-refractivity contribution in [3.63, 3.8) is 0 Å². The number of aliphatic hydroxyl groups is 1. The molecule has 3 N–H and O–H groups in total. The number of carboxylic acids is 1. The Hall–Kier alpha value is -2.08. The number of ether oxygens (including phenoxy) is 1. The molecule has 0 saturated heterocycles. The molecule has 126 valence electrons. The minimum Gasteiger partial charge on any atom is -0.480 e. The van der Waals surface area contributed by atoms with Crippen molar-refractivity contribution in [2.24, 2.45) is 5.92 Å². The molecule has 6 nitrogen and oxygen atoms in total. The van der Waals surface area contributed by atoms with Crippen molar-refractivity contribution in [3.8, 4) is 0 Å². The van der Waals surface area contributed by atoms with Gasteiger partial charge < -0.3 is 20.3 Å². The molecule has 6 heteroatoms. The zero-order chi connectivity index (χ0) is 16.9. The summed E-state index contributed by atoms with van der Waals surface area (Å²) in [5.41, 5.74) is -0.284. The second-order valence-corrected chi connectivity index (χ2v) is 6.23. The number of carbonyl (C=O) groups is 2. The maximum absolute atomic E-state index is 11.9. The summed E-state index contributed by atoms with van der Waals surface area (Å²) in [5, 5.41) is 22.2. The van der Waals surface area contributed by atoms with E-state index in [1.54, 1.807) is 6.92 Å². The molecule has 0 spiro atoms. The van der Waals surface area contributed by atoms with E-state index in [-0.39, 0.29) is 6.61 Å². The zero-order valence-electron chi connectivity index (χ0n) is 13.2. The van der Waals surface area contributed by atoms with Crippen LogP contribution in [0.3, 0.4) is 0 Å². The number of rotatable bonds is 5. The molecule has 1 amide bonds. The maximum atomic E-state index is 11.9. The molecule has 1 saturated carbocycles. The highest BCUT2D eigenvalue weighted by molar-refractivity contribution is 5.80. The molecule has 0 aliphatic heterocycles. The predicted molar refractivity (Wildman–Crippen MR) is 83.8 cm³/mol. The van der Waals surface area contributed by atoms with Crippen molar-refractivity contribution in [1.29, 1.82) is 0 Å². The van der Waals surface area contributed by atoms with Crippen LogP contribution in [-0.2, 0) is 16.1 Å². The van der Waals surface area contributed by atoms with Gasteiger partial charge in [-0.15, -0.1) is 0 Å². The Kier molecular flexibility index (Phi) is 5.60. The van der Waals surface area contributed by atoms with Crippen molar-refractivity contribution in [1.82, 2.24) is 5.32 Å². The van der Waals surface area contributed by atoms with Crippen LogP contribution in [0.4, 0.5) is 4.79 Å². The molecule has 1 unspecified atom stereocenters. The highest BCUT2D eigenvalue weighted by Crippen LogP contribution is 2.35. The van der Waals surface area contributed by atoms with Gasteiger partial charge in [0.15, 0.2) is 0 Å². The lowest BCUT2D eigenvalue weighted by Gasteiger charge is -2.40.